The van der Waals surface area contributed by atoms with Gasteiger partial charge in [0.05, 0.1) is 0 Å². The van der Waals surface area contributed by atoms with Crippen molar-refractivity contribution >= 4 is 18.0 Å². The monoisotopic (exact) mass is 452 g/mol. The highest BCUT2D eigenvalue weighted by Crippen LogP contribution is 2.44. The quantitative estimate of drug-likeness (QED) is 0.588. The molecule has 0 aliphatic heterocycles. The number of carboxylic acid groups (broad SMARTS) is 1. The maximum atomic E-state index is 13.1. The number of nitrogens with one attached hydrogen (secondary N) is 1. The lowest BCUT2D eigenvalue weighted by molar-refractivity contribution is -0.157. The number of carboxylic acids is 1. The molecule has 0 aromatic heterocycles. The Bertz CT molecular complexity index is 987. The summed E-state index contributed by atoms with van der Waals surface area (Å²) in [5.41, 5.74) is 3.09. The second-order valence-electron chi connectivity index (χ2n) is 8.76. The predicted octanol–water partition coefficient (Wildman–Crippen LogP) is 4.41. The molecule has 7 heteroatoms. The van der Waals surface area contributed by atoms with Crippen molar-refractivity contribution in [1.29, 1.82) is 0 Å². The first-order chi connectivity index (χ1) is 15.7. The van der Waals surface area contributed by atoms with Crippen molar-refractivity contribution in [1.82, 2.24) is 10.2 Å². The van der Waals surface area contributed by atoms with Gasteiger partial charge in [-0.3, -0.25) is 4.79 Å². The van der Waals surface area contributed by atoms with Crippen LogP contribution in [0, 0.1) is 0 Å². The zero-order chi connectivity index (χ0) is 24.2. The lowest BCUT2D eigenvalue weighted by atomic mass is 9.98. The van der Waals surface area contributed by atoms with Crippen LogP contribution in [-0.4, -0.2) is 52.7 Å². The zero-order valence-corrected chi connectivity index (χ0v) is 19.6. The van der Waals surface area contributed by atoms with Crippen LogP contribution in [0.4, 0.5) is 4.79 Å². The van der Waals surface area contributed by atoms with E-state index in [1.165, 1.54) is 18.7 Å². The predicted molar refractivity (Wildman–Crippen MR) is 126 cm³/mol. The summed E-state index contributed by atoms with van der Waals surface area (Å²) < 4.78 is 5.58. The normalized spacial score (nSPS) is 13.6. The van der Waals surface area contributed by atoms with Gasteiger partial charge in [0.25, 0.3) is 0 Å². The molecule has 0 unspecified atom stereocenters. The number of alkyl carbamates (subject to hydrolysis) is 1. The molecule has 1 aliphatic carbocycles. The van der Waals surface area contributed by atoms with Crippen LogP contribution in [-0.2, 0) is 14.3 Å². The first-order valence-corrected chi connectivity index (χ1v) is 11.4. The minimum Gasteiger partial charge on any atom is -0.480 e. The van der Waals surface area contributed by atoms with Crippen molar-refractivity contribution in [3.8, 4) is 11.1 Å². The topological polar surface area (TPSA) is 95.9 Å². The summed E-state index contributed by atoms with van der Waals surface area (Å²) in [7, 11) is 0. The molecule has 0 spiro atoms. The molecule has 3 rings (SSSR count). The Morgan fingerprint density at radius 3 is 2.06 bits per heavy atom. The van der Waals surface area contributed by atoms with E-state index in [2.05, 4.69) is 17.4 Å². The molecule has 2 N–H and O–H groups in total. The molecule has 0 fully saturated rings. The second-order valence-corrected chi connectivity index (χ2v) is 8.76. The van der Waals surface area contributed by atoms with Crippen molar-refractivity contribution in [3.05, 3.63) is 59.7 Å². The summed E-state index contributed by atoms with van der Waals surface area (Å²) in [4.78, 5) is 38.8. The van der Waals surface area contributed by atoms with Crippen LogP contribution in [0.2, 0.25) is 0 Å². The highest BCUT2D eigenvalue weighted by Gasteiger charge is 2.40. The Balaban J connectivity index is 1.71. The average Bonchev–Trinajstić information content (AvgIpc) is 3.11. The molecule has 0 saturated carbocycles. The molecule has 2 aromatic carbocycles. The van der Waals surface area contributed by atoms with Gasteiger partial charge >= 0.3 is 12.1 Å². The minimum absolute atomic E-state index is 0.0819. The standard InChI is InChI=1S/C26H32N2O5/c1-5-11-22(23(29)28(6-2)26(3,4)24(30)31)27-25(32)33-16-21-19-14-9-7-12-17(19)18-13-8-10-15-20(18)21/h7-10,12-15,21-22H,5-6,11,16H2,1-4H3,(H,27,32)(H,30,31)/t22-/m1/s1. The van der Waals surface area contributed by atoms with Gasteiger partial charge in [-0.05, 0) is 49.4 Å². The number of benzene rings is 2. The summed E-state index contributed by atoms with van der Waals surface area (Å²) in [5, 5.41) is 12.2. The van der Waals surface area contributed by atoms with E-state index in [-0.39, 0.29) is 19.1 Å². The highest BCUT2D eigenvalue weighted by atomic mass is 16.5. The number of hydrogen-bond acceptors (Lipinski definition) is 4. The average molecular weight is 453 g/mol. The number of amides is 2. The van der Waals surface area contributed by atoms with Crippen molar-refractivity contribution in [2.75, 3.05) is 13.2 Å². The molecule has 33 heavy (non-hydrogen) atoms. The Kier molecular flexibility index (Phi) is 7.41. The Morgan fingerprint density at radius 2 is 1.58 bits per heavy atom. The second kappa shape index (κ2) is 10.1. The van der Waals surface area contributed by atoms with E-state index in [1.54, 1.807) is 6.92 Å². The fourth-order valence-electron chi connectivity index (χ4n) is 4.46. The van der Waals surface area contributed by atoms with E-state index in [0.29, 0.717) is 12.8 Å². The van der Waals surface area contributed by atoms with Gasteiger partial charge in [-0.1, -0.05) is 61.9 Å². The van der Waals surface area contributed by atoms with Crippen LogP contribution in [0.3, 0.4) is 0 Å². The fraction of sp³-hybridized carbons (Fsp3) is 0.423. The zero-order valence-electron chi connectivity index (χ0n) is 19.6. The van der Waals surface area contributed by atoms with Crippen molar-refractivity contribution in [3.63, 3.8) is 0 Å². The Morgan fingerprint density at radius 1 is 1.03 bits per heavy atom. The van der Waals surface area contributed by atoms with Gasteiger partial charge in [-0.25, -0.2) is 9.59 Å². The molecular formula is C26H32N2O5. The lowest BCUT2D eigenvalue weighted by Gasteiger charge is -2.36. The third-order valence-electron chi connectivity index (χ3n) is 6.29. The molecule has 2 amide bonds. The van der Waals surface area contributed by atoms with E-state index in [9.17, 15) is 19.5 Å². The van der Waals surface area contributed by atoms with Gasteiger partial charge in [-0.2, -0.15) is 0 Å². The minimum atomic E-state index is -1.39. The summed E-state index contributed by atoms with van der Waals surface area (Å²) in [5.74, 6) is -1.61. The molecule has 1 aliphatic rings. The van der Waals surface area contributed by atoms with E-state index >= 15 is 0 Å². The molecule has 1 atom stereocenters. The smallest absolute Gasteiger partial charge is 0.407 e. The van der Waals surface area contributed by atoms with Crippen LogP contribution in [0.1, 0.15) is 57.6 Å². The van der Waals surface area contributed by atoms with E-state index < -0.39 is 29.6 Å². The number of rotatable bonds is 9. The molecule has 2 aromatic rings. The van der Waals surface area contributed by atoms with Crippen molar-refractivity contribution in [2.45, 2.75) is 58.0 Å². The molecule has 0 radical (unpaired) electrons. The summed E-state index contributed by atoms with van der Waals surface area (Å²) in [6, 6.07) is 15.3. The SMILES string of the molecule is CCC[C@@H](NC(=O)OCC1c2ccccc2-c2ccccc21)C(=O)N(CC)C(C)(C)C(=O)O. The first kappa shape index (κ1) is 24.3. The van der Waals surface area contributed by atoms with E-state index in [0.717, 1.165) is 22.3 Å². The van der Waals surface area contributed by atoms with Gasteiger partial charge in [0.1, 0.15) is 18.2 Å². The number of hydrogen-bond donors (Lipinski definition) is 2. The van der Waals surface area contributed by atoms with Gasteiger partial charge in [-0.15, -0.1) is 0 Å². The summed E-state index contributed by atoms with van der Waals surface area (Å²) in [6.45, 7) is 6.94. The maximum absolute atomic E-state index is 13.1. The van der Waals surface area contributed by atoms with Gasteiger partial charge in [0.2, 0.25) is 5.91 Å². The summed E-state index contributed by atoms with van der Waals surface area (Å²) >= 11 is 0. The van der Waals surface area contributed by atoms with Gasteiger partial charge < -0.3 is 20.1 Å². The van der Waals surface area contributed by atoms with Crippen LogP contribution < -0.4 is 5.32 Å². The lowest BCUT2D eigenvalue weighted by Crippen LogP contribution is -2.58. The number of ether oxygens (including phenoxy) is 1. The summed E-state index contributed by atoms with van der Waals surface area (Å²) in [6.07, 6.45) is 0.341. The van der Waals surface area contributed by atoms with Crippen molar-refractivity contribution in [2.24, 2.45) is 0 Å². The molecule has 7 nitrogen and oxygen atoms in total. The van der Waals surface area contributed by atoms with Crippen LogP contribution >= 0.6 is 0 Å². The first-order valence-electron chi connectivity index (χ1n) is 11.4. The molecule has 176 valence electrons. The van der Waals surface area contributed by atoms with Crippen LogP contribution in [0.25, 0.3) is 11.1 Å². The fourth-order valence-corrected chi connectivity index (χ4v) is 4.46. The highest BCUT2D eigenvalue weighted by molar-refractivity contribution is 5.91. The number of aliphatic carboxylic acids is 1. The maximum Gasteiger partial charge on any atom is 0.407 e. The number of carbonyl (C=O) groups excluding carboxylic acids is 2. The van der Waals surface area contributed by atoms with Crippen LogP contribution in [0.15, 0.2) is 48.5 Å². The van der Waals surface area contributed by atoms with Gasteiger partial charge in [0.15, 0.2) is 0 Å². The molecule has 0 saturated heterocycles. The number of carbonyl (C=O) groups is 3. The molecule has 0 heterocycles. The third kappa shape index (κ3) is 4.87. The Hall–Kier alpha value is -3.35. The number of likely N-dealkylation sites (N-methyl/N-ethyl adjacent to an activating group) is 1. The van der Waals surface area contributed by atoms with E-state index in [4.69, 9.17) is 4.74 Å². The number of fused-ring (bicyclic) bond motifs is 3. The van der Waals surface area contributed by atoms with Gasteiger partial charge in [0, 0.05) is 12.5 Å². The Labute approximate surface area is 194 Å². The largest absolute Gasteiger partial charge is 0.480 e. The molecule has 0 bridgehead atoms. The third-order valence-corrected chi connectivity index (χ3v) is 6.29. The van der Waals surface area contributed by atoms with Crippen LogP contribution in [0.5, 0.6) is 0 Å². The number of nitrogens with zero attached hydrogens (tertiary/aromatic N) is 1. The van der Waals surface area contributed by atoms with E-state index in [1.807, 2.05) is 43.3 Å². The van der Waals surface area contributed by atoms with Crippen molar-refractivity contribution < 1.29 is 24.2 Å². The molecular weight excluding hydrogens is 420 g/mol.